The third-order valence-electron chi connectivity index (χ3n) is 6.16. The first-order valence-corrected chi connectivity index (χ1v) is 9.68. The van der Waals surface area contributed by atoms with Gasteiger partial charge in [0, 0.05) is 18.7 Å². The van der Waals surface area contributed by atoms with Crippen molar-refractivity contribution in [2.75, 3.05) is 19.6 Å². The zero-order valence-corrected chi connectivity index (χ0v) is 15.0. The number of aromatic hydroxyl groups is 1. The lowest BCUT2D eigenvalue weighted by atomic mass is 9.93. The molecule has 0 bridgehead atoms. The van der Waals surface area contributed by atoms with Crippen LogP contribution in [0.5, 0.6) is 5.75 Å². The Balaban J connectivity index is 1.29. The van der Waals surface area contributed by atoms with E-state index in [0.29, 0.717) is 23.9 Å². The van der Waals surface area contributed by atoms with Gasteiger partial charge in [-0.15, -0.1) is 0 Å². The Bertz CT molecular complexity index is 741. The molecule has 3 nitrogen and oxygen atoms in total. The molecule has 0 spiro atoms. The first-order chi connectivity index (χ1) is 12.6. The zero-order valence-electron chi connectivity index (χ0n) is 15.0. The SMILES string of the molecule is O=C(CN1C[C@H]2CC(CC3=CCCC=C3)C[C@H]2C1)c1ccc(O)c(F)c1. The van der Waals surface area contributed by atoms with E-state index in [1.54, 1.807) is 0 Å². The van der Waals surface area contributed by atoms with E-state index in [4.69, 9.17) is 0 Å². The molecule has 1 N–H and O–H groups in total. The van der Waals surface area contributed by atoms with Crippen molar-refractivity contribution in [1.29, 1.82) is 0 Å². The van der Waals surface area contributed by atoms with Crippen LogP contribution in [-0.4, -0.2) is 35.4 Å². The molecule has 2 aliphatic carbocycles. The first kappa shape index (κ1) is 17.5. The van der Waals surface area contributed by atoms with E-state index in [2.05, 4.69) is 23.1 Å². The van der Waals surface area contributed by atoms with Crippen LogP contribution in [-0.2, 0) is 0 Å². The van der Waals surface area contributed by atoms with Crippen molar-refractivity contribution in [3.8, 4) is 5.75 Å². The number of hydrogen-bond donors (Lipinski definition) is 1. The number of fused-ring (bicyclic) bond motifs is 1. The molecule has 4 heteroatoms. The first-order valence-electron chi connectivity index (χ1n) is 9.68. The van der Waals surface area contributed by atoms with Gasteiger partial charge in [0.15, 0.2) is 17.3 Å². The lowest BCUT2D eigenvalue weighted by Crippen LogP contribution is -2.29. The van der Waals surface area contributed by atoms with Crippen LogP contribution in [0.2, 0.25) is 0 Å². The number of allylic oxidation sites excluding steroid dienone is 4. The molecule has 1 aromatic rings. The highest BCUT2D eigenvalue weighted by Gasteiger charge is 2.41. The van der Waals surface area contributed by atoms with Gasteiger partial charge < -0.3 is 5.11 Å². The summed E-state index contributed by atoms with van der Waals surface area (Å²) < 4.78 is 13.5. The third-order valence-corrected chi connectivity index (χ3v) is 6.16. The molecule has 1 aliphatic heterocycles. The van der Waals surface area contributed by atoms with Crippen molar-refractivity contribution < 1.29 is 14.3 Å². The van der Waals surface area contributed by atoms with Gasteiger partial charge in [-0.05, 0) is 68.1 Å². The van der Waals surface area contributed by atoms with E-state index in [9.17, 15) is 14.3 Å². The van der Waals surface area contributed by atoms with Gasteiger partial charge in [-0.1, -0.05) is 23.8 Å². The Labute approximate surface area is 154 Å². The minimum Gasteiger partial charge on any atom is -0.505 e. The molecule has 1 aromatic carbocycles. The maximum absolute atomic E-state index is 13.5. The number of likely N-dealkylation sites (tertiary alicyclic amines) is 1. The molecule has 138 valence electrons. The van der Waals surface area contributed by atoms with Crippen LogP contribution in [0.15, 0.2) is 42.0 Å². The second-order valence-corrected chi connectivity index (χ2v) is 8.10. The molecular weight excluding hydrogens is 329 g/mol. The maximum atomic E-state index is 13.5. The molecular formula is C22H26FNO2. The van der Waals surface area contributed by atoms with Crippen molar-refractivity contribution in [3.63, 3.8) is 0 Å². The zero-order chi connectivity index (χ0) is 18.1. The predicted molar refractivity (Wildman–Crippen MR) is 99.6 cm³/mol. The number of benzene rings is 1. The Morgan fingerprint density at radius 3 is 2.62 bits per heavy atom. The monoisotopic (exact) mass is 355 g/mol. The summed E-state index contributed by atoms with van der Waals surface area (Å²) in [7, 11) is 0. The highest BCUT2D eigenvalue weighted by atomic mass is 19.1. The van der Waals surface area contributed by atoms with E-state index in [-0.39, 0.29) is 5.78 Å². The van der Waals surface area contributed by atoms with Crippen LogP contribution in [0.1, 0.15) is 42.5 Å². The number of hydrogen-bond acceptors (Lipinski definition) is 3. The van der Waals surface area contributed by atoms with Gasteiger partial charge in [0.05, 0.1) is 6.54 Å². The van der Waals surface area contributed by atoms with Crippen LogP contribution in [0.3, 0.4) is 0 Å². The summed E-state index contributed by atoms with van der Waals surface area (Å²) in [5, 5.41) is 9.26. The summed E-state index contributed by atoms with van der Waals surface area (Å²) in [5.74, 6) is 0.949. The van der Waals surface area contributed by atoms with Gasteiger partial charge in [0.25, 0.3) is 0 Å². The quantitative estimate of drug-likeness (QED) is 0.799. The summed E-state index contributed by atoms with van der Waals surface area (Å²) >= 11 is 0. The largest absolute Gasteiger partial charge is 0.505 e. The van der Waals surface area contributed by atoms with Gasteiger partial charge in [0.2, 0.25) is 0 Å². The molecule has 3 atom stereocenters. The van der Waals surface area contributed by atoms with Crippen LogP contribution in [0, 0.1) is 23.6 Å². The van der Waals surface area contributed by atoms with Crippen molar-refractivity contribution in [3.05, 3.63) is 53.4 Å². The fourth-order valence-electron chi connectivity index (χ4n) is 4.95. The van der Waals surface area contributed by atoms with Gasteiger partial charge >= 0.3 is 0 Å². The topological polar surface area (TPSA) is 40.5 Å². The third kappa shape index (κ3) is 3.75. The van der Waals surface area contributed by atoms with Crippen molar-refractivity contribution in [2.45, 2.75) is 32.1 Å². The van der Waals surface area contributed by atoms with E-state index in [1.165, 1.54) is 49.8 Å². The van der Waals surface area contributed by atoms with Crippen LogP contribution in [0.25, 0.3) is 0 Å². The lowest BCUT2D eigenvalue weighted by molar-refractivity contribution is 0.0939. The summed E-state index contributed by atoms with van der Waals surface area (Å²) in [6.07, 6.45) is 13.0. The predicted octanol–water partition coefficient (Wildman–Crippen LogP) is 4.34. The van der Waals surface area contributed by atoms with Crippen molar-refractivity contribution >= 4 is 5.78 Å². The van der Waals surface area contributed by atoms with Crippen LogP contribution < -0.4 is 0 Å². The molecule has 2 fully saturated rings. The number of phenols is 1. The van der Waals surface area contributed by atoms with Crippen LogP contribution in [0.4, 0.5) is 4.39 Å². The summed E-state index contributed by atoms with van der Waals surface area (Å²) in [4.78, 5) is 14.6. The molecule has 1 saturated carbocycles. The fourth-order valence-corrected chi connectivity index (χ4v) is 4.95. The number of ketones is 1. The summed E-state index contributed by atoms with van der Waals surface area (Å²) in [5.41, 5.74) is 1.84. The second kappa shape index (κ2) is 7.36. The van der Waals surface area contributed by atoms with Crippen molar-refractivity contribution in [1.82, 2.24) is 4.90 Å². The van der Waals surface area contributed by atoms with Crippen LogP contribution >= 0.6 is 0 Å². The summed E-state index contributed by atoms with van der Waals surface area (Å²) in [6.45, 7) is 2.29. The number of phenolic OH excluding ortho intramolecular Hbond substituents is 1. The number of halogens is 1. The average molecular weight is 355 g/mol. The minimum absolute atomic E-state index is 0.0714. The Hall–Kier alpha value is -1.94. The number of nitrogens with zero attached hydrogens (tertiary/aromatic N) is 1. The van der Waals surface area contributed by atoms with Crippen molar-refractivity contribution in [2.24, 2.45) is 17.8 Å². The highest BCUT2D eigenvalue weighted by molar-refractivity contribution is 5.97. The van der Waals surface area contributed by atoms with Gasteiger partial charge in [-0.2, -0.15) is 0 Å². The van der Waals surface area contributed by atoms with E-state index in [0.717, 1.165) is 25.1 Å². The molecule has 0 aromatic heterocycles. The molecule has 1 heterocycles. The van der Waals surface area contributed by atoms with E-state index in [1.807, 2.05) is 0 Å². The molecule has 0 radical (unpaired) electrons. The molecule has 4 rings (SSSR count). The van der Waals surface area contributed by atoms with E-state index < -0.39 is 11.6 Å². The number of Topliss-reactive ketones (excluding diaryl/α,β-unsaturated/α-hetero) is 1. The van der Waals surface area contributed by atoms with Gasteiger partial charge in [0.1, 0.15) is 0 Å². The molecule has 1 saturated heterocycles. The van der Waals surface area contributed by atoms with Gasteiger partial charge in [-0.25, -0.2) is 4.39 Å². The summed E-state index contributed by atoms with van der Waals surface area (Å²) in [6, 6.07) is 3.88. The smallest absolute Gasteiger partial charge is 0.176 e. The minimum atomic E-state index is -0.733. The number of carbonyl (C=O) groups is 1. The molecule has 0 amide bonds. The highest BCUT2D eigenvalue weighted by Crippen LogP contribution is 2.44. The van der Waals surface area contributed by atoms with Gasteiger partial charge in [-0.3, -0.25) is 9.69 Å². The number of rotatable bonds is 5. The normalized spacial score (nSPS) is 28.2. The van der Waals surface area contributed by atoms with E-state index >= 15 is 0 Å². The fraction of sp³-hybridized carbons (Fsp3) is 0.500. The average Bonchev–Trinajstić information content (AvgIpc) is 3.16. The standard InChI is InChI=1S/C22H26FNO2/c23-20-11-17(6-7-21(20)25)22(26)14-24-12-18-9-16(10-19(18)13-24)8-15-4-2-1-3-5-15/h2,4-7,11,16,18-19,25H,1,3,8-10,12-14H2/t16?,18-,19+. The Morgan fingerprint density at radius 2 is 1.96 bits per heavy atom. The Kier molecular flexibility index (Phi) is 4.94. The second-order valence-electron chi connectivity index (χ2n) is 8.10. The Morgan fingerprint density at radius 1 is 1.19 bits per heavy atom. The maximum Gasteiger partial charge on any atom is 0.176 e. The lowest BCUT2D eigenvalue weighted by Gasteiger charge is -2.19. The molecule has 26 heavy (non-hydrogen) atoms. The molecule has 3 aliphatic rings. The molecule has 1 unspecified atom stereocenters. The number of carbonyl (C=O) groups excluding carboxylic acids is 1.